The first-order chi connectivity index (χ1) is 18.1. The Morgan fingerprint density at radius 2 is 1.46 bits per heavy atom. The van der Waals surface area contributed by atoms with E-state index in [0.29, 0.717) is 12.5 Å². The van der Waals surface area contributed by atoms with Crippen LogP contribution in [0, 0.1) is 5.92 Å². The van der Waals surface area contributed by atoms with Gasteiger partial charge in [0.1, 0.15) is 0 Å². The van der Waals surface area contributed by atoms with E-state index in [-0.39, 0.29) is 17.7 Å². The summed E-state index contributed by atoms with van der Waals surface area (Å²) in [4.78, 5) is 30.5. The summed E-state index contributed by atoms with van der Waals surface area (Å²) >= 11 is 0. The molecule has 4 heteroatoms. The van der Waals surface area contributed by atoms with Crippen LogP contribution < -0.4 is 0 Å². The second-order valence-corrected chi connectivity index (χ2v) is 10.7. The molecule has 5 rings (SSSR count). The highest BCUT2D eigenvalue weighted by Gasteiger charge is 2.27. The van der Waals surface area contributed by atoms with E-state index in [4.69, 9.17) is 0 Å². The van der Waals surface area contributed by atoms with Crippen molar-refractivity contribution in [3.05, 3.63) is 107 Å². The highest BCUT2D eigenvalue weighted by Crippen LogP contribution is 2.29. The van der Waals surface area contributed by atoms with Crippen LogP contribution in [0.15, 0.2) is 78.9 Å². The molecule has 2 fully saturated rings. The van der Waals surface area contributed by atoms with Crippen LogP contribution in [0.1, 0.15) is 75.9 Å². The second-order valence-electron chi connectivity index (χ2n) is 10.7. The molecule has 2 aliphatic rings. The van der Waals surface area contributed by atoms with E-state index in [1.165, 1.54) is 16.7 Å². The maximum absolute atomic E-state index is 13.4. The van der Waals surface area contributed by atoms with Gasteiger partial charge in [-0.05, 0) is 85.4 Å². The van der Waals surface area contributed by atoms with Gasteiger partial charge < -0.3 is 9.80 Å². The minimum atomic E-state index is 0.109. The molecular formula is C33H38N2O2. The van der Waals surface area contributed by atoms with Gasteiger partial charge in [0.25, 0.3) is 11.8 Å². The minimum Gasteiger partial charge on any atom is -0.339 e. The molecule has 1 unspecified atom stereocenters. The number of hydrogen-bond acceptors (Lipinski definition) is 2. The fourth-order valence-corrected chi connectivity index (χ4v) is 5.90. The molecule has 2 saturated heterocycles. The summed E-state index contributed by atoms with van der Waals surface area (Å²) in [6.07, 6.45) is 6.20. The summed E-state index contributed by atoms with van der Waals surface area (Å²) in [5.74, 6) is 1.15. The summed E-state index contributed by atoms with van der Waals surface area (Å²) in [6, 6.07) is 26.8. The number of carbonyl (C=O) groups excluding carboxylic acids is 2. The number of piperidine rings is 2. The van der Waals surface area contributed by atoms with E-state index in [2.05, 4.69) is 49.4 Å². The monoisotopic (exact) mass is 494 g/mol. The number of aryl methyl sites for hydroxylation is 1. The van der Waals surface area contributed by atoms with E-state index in [1.54, 1.807) is 0 Å². The fourth-order valence-electron chi connectivity index (χ4n) is 5.90. The van der Waals surface area contributed by atoms with Crippen LogP contribution in [0.2, 0.25) is 0 Å². The zero-order valence-electron chi connectivity index (χ0n) is 21.9. The molecule has 37 heavy (non-hydrogen) atoms. The maximum Gasteiger partial charge on any atom is 0.253 e. The summed E-state index contributed by atoms with van der Waals surface area (Å²) < 4.78 is 0. The quantitative estimate of drug-likeness (QED) is 0.400. The lowest BCUT2D eigenvalue weighted by molar-refractivity contribution is 0.0684. The van der Waals surface area contributed by atoms with Crippen molar-refractivity contribution in [2.24, 2.45) is 5.92 Å². The molecule has 0 bridgehead atoms. The molecular weight excluding hydrogens is 456 g/mol. The zero-order chi connectivity index (χ0) is 25.6. The van der Waals surface area contributed by atoms with Gasteiger partial charge in [0.05, 0.1) is 0 Å². The Labute approximate surface area is 221 Å². The van der Waals surface area contributed by atoms with Crippen LogP contribution in [0.3, 0.4) is 0 Å². The minimum absolute atomic E-state index is 0.109. The van der Waals surface area contributed by atoms with Gasteiger partial charge in [-0.25, -0.2) is 0 Å². The van der Waals surface area contributed by atoms with Gasteiger partial charge in [-0.1, -0.05) is 61.5 Å². The topological polar surface area (TPSA) is 40.6 Å². The van der Waals surface area contributed by atoms with E-state index in [9.17, 15) is 9.59 Å². The lowest BCUT2D eigenvalue weighted by atomic mass is 9.88. The van der Waals surface area contributed by atoms with Crippen LogP contribution in [-0.4, -0.2) is 47.8 Å². The molecule has 0 radical (unpaired) electrons. The first-order valence-corrected chi connectivity index (χ1v) is 13.9. The van der Waals surface area contributed by atoms with Gasteiger partial charge >= 0.3 is 0 Å². The van der Waals surface area contributed by atoms with Gasteiger partial charge in [-0.2, -0.15) is 0 Å². The lowest BCUT2D eigenvalue weighted by Gasteiger charge is -2.34. The number of hydrogen-bond donors (Lipinski definition) is 0. The van der Waals surface area contributed by atoms with Crippen molar-refractivity contribution in [1.82, 2.24) is 9.80 Å². The zero-order valence-corrected chi connectivity index (χ0v) is 21.9. The Morgan fingerprint density at radius 3 is 2.19 bits per heavy atom. The molecule has 192 valence electrons. The van der Waals surface area contributed by atoms with Crippen LogP contribution in [0.5, 0.6) is 0 Å². The Balaban J connectivity index is 1.20. The van der Waals surface area contributed by atoms with Gasteiger partial charge in [0.2, 0.25) is 0 Å². The first-order valence-electron chi connectivity index (χ1n) is 13.9. The number of amides is 2. The van der Waals surface area contributed by atoms with Crippen molar-refractivity contribution in [1.29, 1.82) is 0 Å². The van der Waals surface area contributed by atoms with Crippen LogP contribution in [0.25, 0.3) is 0 Å². The molecule has 1 atom stereocenters. The van der Waals surface area contributed by atoms with Gasteiger partial charge in [0.15, 0.2) is 0 Å². The van der Waals surface area contributed by atoms with Crippen LogP contribution >= 0.6 is 0 Å². The Hall–Kier alpha value is -3.40. The number of nitrogens with zero attached hydrogens (tertiary/aromatic N) is 2. The smallest absolute Gasteiger partial charge is 0.253 e. The van der Waals surface area contributed by atoms with Crippen molar-refractivity contribution < 1.29 is 9.59 Å². The fraction of sp³-hybridized carbons (Fsp3) is 0.394. The molecule has 0 saturated carbocycles. The summed E-state index contributed by atoms with van der Waals surface area (Å²) in [5.41, 5.74) is 5.34. The van der Waals surface area contributed by atoms with E-state index in [1.807, 2.05) is 46.2 Å². The van der Waals surface area contributed by atoms with Crippen LogP contribution in [0.4, 0.5) is 0 Å². The summed E-state index contributed by atoms with van der Waals surface area (Å²) in [6.45, 7) is 5.27. The van der Waals surface area contributed by atoms with Gasteiger partial charge in [0, 0.05) is 43.2 Å². The molecule has 2 amide bonds. The van der Waals surface area contributed by atoms with Gasteiger partial charge in [-0.15, -0.1) is 0 Å². The number of carbonyl (C=O) groups is 2. The van der Waals surface area contributed by atoms with Crippen molar-refractivity contribution in [2.45, 2.75) is 51.4 Å². The largest absolute Gasteiger partial charge is 0.339 e. The third-order valence-electron chi connectivity index (χ3n) is 8.19. The highest BCUT2D eigenvalue weighted by atomic mass is 16.2. The van der Waals surface area contributed by atoms with Crippen molar-refractivity contribution in [2.75, 3.05) is 26.2 Å². The molecule has 3 aromatic carbocycles. The van der Waals surface area contributed by atoms with Crippen molar-refractivity contribution in [3.63, 3.8) is 0 Å². The SMILES string of the molecule is CCc1ccc(C(=O)N2CCCC(c3cccc(C(=O)N4CCC(Cc5ccccc5)CC4)c3)C2)cc1. The summed E-state index contributed by atoms with van der Waals surface area (Å²) in [5, 5.41) is 0. The predicted molar refractivity (Wildman–Crippen MR) is 149 cm³/mol. The number of rotatable bonds is 6. The van der Waals surface area contributed by atoms with Gasteiger partial charge in [-0.3, -0.25) is 9.59 Å². The van der Waals surface area contributed by atoms with Crippen molar-refractivity contribution >= 4 is 11.8 Å². The van der Waals surface area contributed by atoms with E-state index < -0.39 is 0 Å². The predicted octanol–water partition coefficient (Wildman–Crippen LogP) is 6.36. The first kappa shape index (κ1) is 25.3. The number of benzene rings is 3. The second kappa shape index (κ2) is 11.8. The lowest BCUT2D eigenvalue weighted by Crippen LogP contribution is -2.39. The Kier molecular flexibility index (Phi) is 8.03. The normalized spacial score (nSPS) is 18.6. The van der Waals surface area contributed by atoms with Crippen molar-refractivity contribution in [3.8, 4) is 0 Å². The molecule has 0 aliphatic carbocycles. The molecule has 2 heterocycles. The Morgan fingerprint density at radius 1 is 0.730 bits per heavy atom. The average Bonchev–Trinajstić information content (AvgIpc) is 2.97. The standard InChI is InChI=1S/C33H38N2O2/c1-2-25-13-15-28(16-14-25)32(36)35-19-7-12-31(24-35)29-10-6-11-30(23-29)33(37)34-20-17-27(18-21-34)22-26-8-4-3-5-9-26/h3-6,8-11,13-16,23,27,31H,2,7,12,17-22,24H2,1H3. The number of likely N-dealkylation sites (tertiary alicyclic amines) is 2. The van der Waals surface area contributed by atoms with Crippen LogP contribution in [-0.2, 0) is 12.8 Å². The highest BCUT2D eigenvalue weighted by molar-refractivity contribution is 5.95. The van der Waals surface area contributed by atoms with E-state index in [0.717, 1.165) is 69.3 Å². The molecule has 3 aromatic rings. The third kappa shape index (κ3) is 6.12. The molecule has 2 aliphatic heterocycles. The Bertz CT molecular complexity index is 1200. The third-order valence-corrected chi connectivity index (χ3v) is 8.19. The van der Waals surface area contributed by atoms with E-state index >= 15 is 0 Å². The molecule has 0 spiro atoms. The maximum atomic E-state index is 13.4. The summed E-state index contributed by atoms with van der Waals surface area (Å²) in [7, 11) is 0. The molecule has 4 nitrogen and oxygen atoms in total. The molecule has 0 aromatic heterocycles. The molecule has 0 N–H and O–H groups in total. The average molecular weight is 495 g/mol.